The average Bonchev–Trinajstić information content (AvgIpc) is 2.36. The molecule has 1 aromatic carbocycles. The third-order valence-corrected chi connectivity index (χ3v) is 3.73. The van der Waals surface area contributed by atoms with Gasteiger partial charge < -0.3 is 9.84 Å². The number of hydrogen-bond acceptors (Lipinski definition) is 4. The molecule has 1 atom stereocenters. The standard InChI is InChI=1S/C11H14F3NO4S/c1-2-19-8-3-5-9(6-4-8)20(17,18)15-7-10(16)11(12,13)14/h3-6,10,15-16H,2,7H2,1H3. The molecule has 0 saturated heterocycles. The van der Waals surface area contributed by atoms with Crippen LogP contribution >= 0.6 is 0 Å². The fourth-order valence-corrected chi connectivity index (χ4v) is 2.31. The van der Waals surface area contributed by atoms with E-state index in [-0.39, 0.29) is 4.90 Å². The van der Waals surface area contributed by atoms with E-state index in [0.29, 0.717) is 12.4 Å². The summed E-state index contributed by atoms with van der Waals surface area (Å²) >= 11 is 0. The van der Waals surface area contributed by atoms with E-state index in [1.165, 1.54) is 24.3 Å². The summed E-state index contributed by atoms with van der Waals surface area (Å²) in [7, 11) is -4.11. The highest BCUT2D eigenvalue weighted by Gasteiger charge is 2.38. The molecule has 0 aromatic heterocycles. The van der Waals surface area contributed by atoms with Gasteiger partial charge in [-0.1, -0.05) is 0 Å². The second kappa shape index (κ2) is 6.42. The quantitative estimate of drug-likeness (QED) is 0.830. The molecule has 1 rings (SSSR count). The summed E-state index contributed by atoms with van der Waals surface area (Å²) in [4.78, 5) is -0.213. The first-order valence-electron chi connectivity index (χ1n) is 5.64. The summed E-state index contributed by atoms with van der Waals surface area (Å²) in [6, 6.07) is 5.18. The Morgan fingerprint density at radius 3 is 2.30 bits per heavy atom. The van der Waals surface area contributed by atoms with Crippen LogP contribution < -0.4 is 9.46 Å². The smallest absolute Gasteiger partial charge is 0.415 e. The average molecular weight is 313 g/mol. The maximum atomic E-state index is 12.1. The summed E-state index contributed by atoms with van der Waals surface area (Å²) in [6.07, 6.45) is -7.62. The number of halogens is 3. The minimum absolute atomic E-state index is 0.213. The molecule has 114 valence electrons. The molecule has 1 aromatic rings. The van der Waals surface area contributed by atoms with Gasteiger partial charge >= 0.3 is 6.18 Å². The molecule has 0 fully saturated rings. The molecule has 0 bridgehead atoms. The molecular weight excluding hydrogens is 299 g/mol. The molecule has 0 radical (unpaired) electrons. The summed E-state index contributed by atoms with van der Waals surface area (Å²) in [5.74, 6) is 0.446. The molecule has 20 heavy (non-hydrogen) atoms. The van der Waals surface area contributed by atoms with Crippen molar-refractivity contribution in [3.8, 4) is 5.75 Å². The number of hydrogen-bond donors (Lipinski definition) is 2. The van der Waals surface area contributed by atoms with Crippen molar-refractivity contribution in [2.75, 3.05) is 13.2 Å². The Bertz CT molecular complexity index is 528. The van der Waals surface area contributed by atoms with E-state index in [1.807, 2.05) is 0 Å². The predicted molar refractivity (Wildman–Crippen MR) is 64.9 cm³/mol. The fourth-order valence-electron chi connectivity index (χ4n) is 1.27. The minimum atomic E-state index is -4.87. The molecule has 0 saturated carbocycles. The van der Waals surface area contributed by atoms with Crippen molar-refractivity contribution in [2.24, 2.45) is 0 Å². The molecule has 0 spiro atoms. The highest BCUT2D eigenvalue weighted by Crippen LogP contribution is 2.20. The van der Waals surface area contributed by atoms with E-state index >= 15 is 0 Å². The Balaban J connectivity index is 2.74. The SMILES string of the molecule is CCOc1ccc(S(=O)(=O)NCC(O)C(F)(F)F)cc1. The first-order valence-corrected chi connectivity index (χ1v) is 7.12. The molecule has 1 unspecified atom stereocenters. The van der Waals surface area contributed by atoms with Crippen molar-refractivity contribution in [3.63, 3.8) is 0 Å². The number of alkyl halides is 3. The van der Waals surface area contributed by atoms with Gasteiger partial charge in [-0.3, -0.25) is 0 Å². The highest BCUT2D eigenvalue weighted by molar-refractivity contribution is 7.89. The summed E-state index contributed by atoms with van der Waals surface area (Å²) in [5, 5.41) is 8.74. The van der Waals surface area contributed by atoms with Gasteiger partial charge in [-0.2, -0.15) is 13.2 Å². The van der Waals surface area contributed by atoms with Gasteiger partial charge in [-0.25, -0.2) is 13.1 Å². The van der Waals surface area contributed by atoms with Crippen molar-refractivity contribution >= 4 is 10.0 Å². The van der Waals surface area contributed by atoms with Crippen LogP contribution in [0.4, 0.5) is 13.2 Å². The number of sulfonamides is 1. The zero-order valence-corrected chi connectivity index (χ0v) is 11.3. The van der Waals surface area contributed by atoms with Crippen molar-refractivity contribution in [1.29, 1.82) is 0 Å². The lowest BCUT2D eigenvalue weighted by Gasteiger charge is -2.15. The van der Waals surface area contributed by atoms with Gasteiger partial charge in [0, 0.05) is 6.54 Å². The van der Waals surface area contributed by atoms with E-state index in [0.717, 1.165) is 0 Å². The Morgan fingerprint density at radius 2 is 1.85 bits per heavy atom. The summed E-state index contributed by atoms with van der Waals surface area (Å²) in [6.45, 7) is 1.02. The van der Waals surface area contributed by atoms with Crippen LogP contribution in [0.5, 0.6) is 5.75 Å². The molecule has 9 heteroatoms. The van der Waals surface area contributed by atoms with Gasteiger partial charge in [0.1, 0.15) is 5.75 Å². The van der Waals surface area contributed by atoms with Gasteiger partial charge in [-0.15, -0.1) is 0 Å². The van der Waals surface area contributed by atoms with E-state index in [4.69, 9.17) is 9.84 Å². The number of aliphatic hydroxyl groups excluding tert-OH is 1. The third-order valence-electron chi connectivity index (χ3n) is 2.29. The zero-order valence-electron chi connectivity index (χ0n) is 10.5. The summed E-state index contributed by atoms with van der Waals surface area (Å²) in [5.41, 5.74) is 0. The van der Waals surface area contributed by atoms with Crippen LogP contribution in [0.25, 0.3) is 0 Å². The van der Waals surface area contributed by atoms with Gasteiger partial charge in [0.25, 0.3) is 0 Å². The number of ether oxygens (including phenoxy) is 1. The molecule has 0 aliphatic carbocycles. The summed E-state index contributed by atoms with van der Waals surface area (Å²) < 4.78 is 66.4. The minimum Gasteiger partial charge on any atom is -0.494 e. The van der Waals surface area contributed by atoms with Crippen molar-refractivity contribution in [2.45, 2.75) is 24.1 Å². The Hall–Kier alpha value is -1.32. The second-order valence-electron chi connectivity index (χ2n) is 3.81. The first kappa shape index (κ1) is 16.7. The van der Waals surface area contributed by atoms with Crippen molar-refractivity contribution < 1.29 is 31.4 Å². The van der Waals surface area contributed by atoms with Gasteiger partial charge in [0.2, 0.25) is 10.0 Å². The van der Waals surface area contributed by atoms with E-state index in [9.17, 15) is 21.6 Å². The van der Waals surface area contributed by atoms with Crippen molar-refractivity contribution in [1.82, 2.24) is 4.72 Å². The Kier molecular flexibility index (Phi) is 5.37. The normalized spacial score (nSPS) is 14.1. The Morgan fingerprint density at radius 1 is 1.30 bits per heavy atom. The lowest BCUT2D eigenvalue weighted by molar-refractivity contribution is -0.200. The van der Waals surface area contributed by atoms with Gasteiger partial charge in [0.05, 0.1) is 11.5 Å². The predicted octanol–water partition coefficient (Wildman–Crippen LogP) is 1.29. The van der Waals surface area contributed by atoms with E-state index < -0.39 is 28.8 Å². The van der Waals surface area contributed by atoms with Gasteiger partial charge in [0.15, 0.2) is 6.10 Å². The lowest BCUT2D eigenvalue weighted by atomic mass is 10.3. The monoisotopic (exact) mass is 313 g/mol. The van der Waals surface area contributed by atoms with Crippen molar-refractivity contribution in [3.05, 3.63) is 24.3 Å². The number of rotatable bonds is 6. The number of nitrogens with one attached hydrogen (secondary N) is 1. The van der Waals surface area contributed by atoms with Crippen LogP contribution in [0.1, 0.15) is 6.92 Å². The van der Waals surface area contributed by atoms with Crippen LogP contribution in [-0.2, 0) is 10.0 Å². The number of benzene rings is 1. The zero-order chi connectivity index (χ0) is 15.4. The van der Waals surface area contributed by atoms with Gasteiger partial charge in [-0.05, 0) is 31.2 Å². The van der Waals surface area contributed by atoms with Crippen LogP contribution in [0.15, 0.2) is 29.2 Å². The van der Waals surface area contributed by atoms with Crippen LogP contribution in [0.2, 0.25) is 0 Å². The Labute approximate surface area is 114 Å². The lowest BCUT2D eigenvalue weighted by Crippen LogP contribution is -2.40. The third kappa shape index (κ3) is 4.66. The molecule has 0 heterocycles. The van der Waals surface area contributed by atoms with E-state index in [2.05, 4.69) is 0 Å². The first-order chi connectivity index (χ1) is 9.16. The molecule has 0 amide bonds. The fraction of sp³-hybridized carbons (Fsp3) is 0.455. The topological polar surface area (TPSA) is 75.6 Å². The molecule has 0 aliphatic rings. The molecule has 0 aliphatic heterocycles. The highest BCUT2D eigenvalue weighted by atomic mass is 32.2. The second-order valence-corrected chi connectivity index (χ2v) is 5.58. The maximum absolute atomic E-state index is 12.1. The number of aliphatic hydroxyl groups is 1. The molecule has 2 N–H and O–H groups in total. The molecule has 5 nitrogen and oxygen atoms in total. The largest absolute Gasteiger partial charge is 0.494 e. The van der Waals surface area contributed by atoms with Crippen LogP contribution in [0.3, 0.4) is 0 Å². The molecular formula is C11H14F3NO4S. The van der Waals surface area contributed by atoms with Crippen LogP contribution in [-0.4, -0.2) is 39.0 Å². The van der Waals surface area contributed by atoms with E-state index in [1.54, 1.807) is 11.6 Å². The van der Waals surface area contributed by atoms with Crippen LogP contribution in [0, 0.1) is 0 Å². The maximum Gasteiger partial charge on any atom is 0.415 e.